The molecule has 0 spiro atoms. The monoisotopic (exact) mass is 329 g/mol. The molecule has 0 bridgehead atoms. The minimum Gasteiger partial charge on any atom is -0.492 e. The Morgan fingerprint density at radius 1 is 1.15 bits per heavy atom. The number of halogens is 2. The van der Waals surface area contributed by atoms with Gasteiger partial charge in [0.25, 0.3) is 0 Å². The van der Waals surface area contributed by atoms with Gasteiger partial charge in [-0.2, -0.15) is 0 Å². The van der Waals surface area contributed by atoms with Gasteiger partial charge >= 0.3 is 0 Å². The molecule has 0 amide bonds. The van der Waals surface area contributed by atoms with Gasteiger partial charge in [-0.3, -0.25) is 0 Å². The zero-order valence-electron chi connectivity index (χ0n) is 11.2. The predicted molar refractivity (Wildman–Crippen MR) is 87.3 cm³/mol. The molecule has 1 atom stereocenters. The van der Waals surface area contributed by atoms with Crippen molar-refractivity contribution in [3.63, 3.8) is 0 Å². The zero-order valence-corrected chi connectivity index (χ0v) is 13.6. The molecule has 2 aromatic rings. The molecule has 0 radical (unpaired) electrons. The maximum Gasteiger partial charge on any atom is 0.119 e. The lowest BCUT2D eigenvalue weighted by Gasteiger charge is -2.18. The van der Waals surface area contributed by atoms with E-state index in [1.807, 2.05) is 36.4 Å². The van der Waals surface area contributed by atoms with Gasteiger partial charge in [-0.25, -0.2) is 0 Å². The van der Waals surface area contributed by atoms with Crippen LogP contribution in [0.15, 0.2) is 36.4 Å². The summed E-state index contributed by atoms with van der Waals surface area (Å²) in [6, 6.07) is 11.5. The van der Waals surface area contributed by atoms with Crippen molar-refractivity contribution in [2.75, 3.05) is 13.2 Å². The lowest BCUT2D eigenvalue weighted by Crippen LogP contribution is -2.26. The number of benzene rings is 1. The minimum atomic E-state index is 0.156. The number of nitrogens with one attached hydrogen (secondary N) is 1. The van der Waals surface area contributed by atoms with Crippen molar-refractivity contribution >= 4 is 34.5 Å². The topological polar surface area (TPSA) is 21.3 Å². The second-order valence-corrected chi connectivity index (χ2v) is 6.60. The summed E-state index contributed by atoms with van der Waals surface area (Å²) in [6.07, 6.45) is 1.08. The standard InChI is InChI=1S/C15H17Cl2NOS/c1-2-9-18-13(14-7-8-15(17)20-14)10-19-12-5-3-11(16)4-6-12/h3-8,13,18H,2,9-10H2,1H3. The number of ether oxygens (including phenoxy) is 1. The fraction of sp³-hybridized carbons (Fsp3) is 0.333. The van der Waals surface area contributed by atoms with Crippen molar-refractivity contribution in [3.8, 4) is 5.75 Å². The molecule has 0 aliphatic carbocycles. The molecular weight excluding hydrogens is 313 g/mol. The Morgan fingerprint density at radius 3 is 2.50 bits per heavy atom. The Morgan fingerprint density at radius 2 is 1.90 bits per heavy atom. The van der Waals surface area contributed by atoms with E-state index in [-0.39, 0.29) is 6.04 Å². The lowest BCUT2D eigenvalue weighted by molar-refractivity contribution is 0.268. The molecule has 0 saturated carbocycles. The second kappa shape index (κ2) is 7.89. The first-order chi connectivity index (χ1) is 9.69. The van der Waals surface area contributed by atoms with Gasteiger partial charge in [0.05, 0.1) is 10.4 Å². The molecular formula is C15H17Cl2NOS. The minimum absolute atomic E-state index is 0.156. The van der Waals surface area contributed by atoms with Gasteiger partial charge in [0, 0.05) is 9.90 Å². The molecule has 0 fully saturated rings. The number of hydrogen-bond donors (Lipinski definition) is 1. The smallest absolute Gasteiger partial charge is 0.119 e. The van der Waals surface area contributed by atoms with Gasteiger partial charge < -0.3 is 10.1 Å². The van der Waals surface area contributed by atoms with Crippen molar-refractivity contribution < 1.29 is 4.74 Å². The highest BCUT2D eigenvalue weighted by Gasteiger charge is 2.14. The van der Waals surface area contributed by atoms with E-state index in [2.05, 4.69) is 12.2 Å². The third-order valence-electron chi connectivity index (χ3n) is 2.81. The molecule has 0 aliphatic rings. The summed E-state index contributed by atoms with van der Waals surface area (Å²) in [4.78, 5) is 1.19. The van der Waals surface area contributed by atoms with Crippen molar-refractivity contribution in [3.05, 3.63) is 50.6 Å². The van der Waals surface area contributed by atoms with Crippen LogP contribution in [0.5, 0.6) is 5.75 Å². The third kappa shape index (κ3) is 4.67. The van der Waals surface area contributed by atoms with Crippen molar-refractivity contribution in [1.82, 2.24) is 5.32 Å². The van der Waals surface area contributed by atoms with Crippen molar-refractivity contribution in [2.45, 2.75) is 19.4 Å². The lowest BCUT2D eigenvalue weighted by atomic mass is 10.2. The summed E-state index contributed by atoms with van der Waals surface area (Å²) < 4.78 is 6.63. The first-order valence-electron chi connectivity index (χ1n) is 6.56. The van der Waals surface area contributed by atoms with Gasteiger partial charge in [-0.1, -0.05) is 30.1 Å². The van der Waals surface area contributed by atoms with E-state index in [1.54, 1.807) is 11.3 Å². The summed E-state index contributed by atoms with van der Waals surface area (Å²) in [5.74, 6) is 0.820. The number of thiophene rings is 1. The zero-order chi connectivity index (χ0) is 14.4. The molecule has 1 unspecified atom stereocenters. The molecule has 20 heavy (non-hydrogen) atoms. The highest BCUT2D eigenvalue weighted by molar-refractivity contribution is 7.16. The van der Waals surface area contributed by atoms with Crippen LogP contribution >= 0.6 is 34.5 Å². The fourth-order valence-corrected chi connectivity index (χ4v) is 3.03. The summed E-state index contributed by atoms with van der Waals surface area (Å²) in [5, 5.41) is 4.19. The third-order valence-corrected chi connectivity index (χ3v) is 4.41. The fourth-order valence-electron chi connectivity index (χ4n) is 1.79. The molecule has 2 nitrogen and oxygen atoms in total. The summed E-state index contributed by atoms with van der Waals surface area (Å²) in [6.45, 7) is 3.66. The van der Waals surface area contributed by atoms with E-state index >= 15 is 0 Å². The summed E-state index contributed by atoms with van der Waals surface area (Å²) in [7, 11) is 0. The first kappa shape index (κ1) is 15.6. The van der Waals surface area contributed by atoms with Gasteiger partial charge in [0.1, 0.15) is 12.4 Å². The highest BCUT2D eigenvalue weighted by atomic mass is 35.5. The first-order valence-corrected chi connectivity index (χ1v) is 8.13. The molecule has 1 aromatic heterocycles. The molecule has 2 rings (SSSR count). The quantitative estimate of drug-likeness (QED) is 0.756. The van der Waals surface area contributed by atoms with E-state index in [0.717, 1.165) is 23.1 Å². The van der Waals surface area contributed by atoms with Crippen LogP contribution in [-0.2, 0) is 0 Å². The average molecular weight is 330 g/mol. The van der Waals surface area contributed by atoms with Crippen LogP contribution in [0.4, 0.5) is 0 Å². The largest absolute Gasteiger partial charge is 0.492 e. The van der Waals surface area contributed by atoms with E-state index in [1.165, 1.54) is 4.88 Å². The van der Waals surface area contributed by atoms with Crippen LogP contribution < -0.4 is 10.1 Å². The molecule has 108 valence electrons. The van der Waals surface area contributed by atoms with Crippen LogP contribution in [0.3, 0.4) is 0 Å². The molecule has 0 aliphatic heterocycles. The van der Waals surface area contributed by atoms with Crippen LogP contribution in [0.1, 0.15) is 24.3 Å². The average Bonchev–Trinajstić information content (AvgIpc) is 2.87. The Bertz CT molecular complexity index is 527. The van der Waals surface area contributed by atoms with E-state index in [0.29, 0.717) is 11.6 Å². The Labute approximate surface area is 133 Å². The van der Waals surface area contributed by atoms with Crippen LogP contribution in [0.25, 0.3) is 0 Å². The van der Waals surface area contributed by atoms with Gasteiger partial charge in [0.15, 0.2) is 0 Å². The molecule has 0 saturated heterocycles. The summed E-state index contributed by atoms with van der Waals surface area (Å²) in [5.41, 5.74) is 0. The Kier molecular flexibility index (Phi) is 6.17. The number of hydrogen-bond acceptors (Lipinski definition) is 3. The van der Waals surface area contributed by atoms with Crippen LogP contribution in [-0.4, -0.2) is 13.2 Å². The Hall–Kier alpha value is -0.740. The molecule has 1 N–H and O–H groups in total. The van der Waals surface area contributed by atoms with Gasteiger partial charge in [-0.05, 0) is 49.4 Å². The predicted octanol–water partition coefficient (Wildman–Crippen LogP) is 5.17. The second-order valence-electron chi connectivity index (χ2n) is 4.41. The van der Waals surface area contributed by atoms with E-state index < -0.39 is 0 Å². The Balaban J connectivity index is 1.98. The van der Waals surface area contributed by atoms with Crippen LogP contribution in [0, 0.1) is 0 Å². The molecule has 1 aromatic carbocycles. The van der Waals surface area contributed by atoms with Crippen LogP contribution in [0.2, 0.25) is 9.36 Å². The van der Waals surface area contributed by atoms with E-state index in [9.17, 15) is 0 Å². The van der Waals surface area contributed by atoms with E-state index in [4.69, 9.17) is 27.9 Å². The maximum atomic E-state index is 6.01. The summed E-state index contributed by atoms with van der Waals surface area (Å²) >= 11 is 13.5. The maximum absolute atomic E-state index is 6.01. The van der Waals surface area contributed by atoms with Crippen molar-refractivity contribution in [1.29, 1.82) is 0 Å². The normalized spacial score (nSPS) is 12.3. The molecule has 1 heterocycles. The number of rotatable bonds is 7. The van der Waals surface area contributed by atoms with Gasteiger partial charge in [-0.15, -0.1) is 11.3 Å². The van der Waals surface area contributed by atoms with Gasteiger partial charge in [0.2, 0.25) is 0 Å². The van der Waals surface area contributed by atoms with Crippen molar-refractivity contribution in [2.24, 2.45) is 0 Å². The highest BCUT2D eigenvalue weighted by Crippen LogP contribution is 2.27. The molecule has 5 heteroatoms. The SMILES string of the molecule is CCCNC(COc1ccc(Cl)cc1)c1ccc(Cl)s1.